The van der Waals surface area contributed by atoms with E-state index in [0.717, 1.165) is 5.06 Å². The molecule has 0 aromatic heterocycles. The Hall–Kier alpha value is -2.32. The summed E-state index contributed by atoms with van der Waals surface area (Å²) in [5.74, 6) is -0.813. The highest BCUT2D eigenvalue weighted by atomic mass is 16.8. The Morgan fingerprint density at radius 2 is 1.91 bits per heavy atom. The van der Waals surface area contributed by atoms with Crippen LogP contribution in [0.4, 0.5) is 4.79 Å². The Labute approximate surface area is 133 Å². The predicted octanol–water partition coefficient (Wildman–Crippen LogP) is 2.17. The van der Waals surface area contributed by atoms with Gasteiger partial charge in [-0.05, 0) is 26.8 Å². The Balaban J connectivity index is 2.03. The van der Waals surface area contributed by atoms with E-state index in [4.69, 9.17) is 19.3 Å². The van der Waals surface area contributed by atoms with Gasteiger partial charge in [0.05, 0.1) is 0 Å². The summed E-state index contributed by atoms with van der Waals surface area (Å²) in [7, 11) is 0. The molecule has 0 aliphatic carbocycles. The maximum atomic E-state index is 11.6. The average molecular weight is 325 g/mol. The number of nitrogens with zero attached hydrogens (tertiary/aromatic N) is 1. The van der Waals surface area contributed by atoms with Crippen molar-refractivity contribution in [2.75, 3.05) is 6.61 Å². The number of hydrogen-bond acceptors (Lipinski definition) is 7. The first-order valence-corrected chi connectivity index (χ1v) is 6.99. The van der Waals surface area contributed by atoms with E-state index < -0.39 is 36.6 Å². The number of aliphatic carboxylic acids is 1. The largest absolute Gasteiger partial charge is 0.510 e. The molecule has 0 amide bonds. The minimum Gasteiger partial charge on any atom is -0.482 e. The number of rotatable bonds is 5. The first-order chi connectivity index (χ1) is 10.7. The van der Waals surface area contributed by atoms with Gasteiger partial charge in [0.2, 0.25) is 6.23 Å². The Kier molecular flexibility index (Phi) is 4.76. The molecule has 3 atom stereocenters. The molecule has 0 bridgehead atoms. The van der Waals surface area contributed by atoms with E-state index in [-0.39, 0.29) is 0 Å². The van der Waals surface area contributed by atoms with Crippen molar-refractivity contribution in [3.8, 4) is 5.75 Å². The molecule has 1 aliphatic rings. The number of hydrogen-bond donors (Lipinski definition) is 2. The molecule has 8 nitrogen and oxygen atoms in total. The van der Waals surface area contributed by atoms with Crippen LogP contribution in [0.25, 0.3) is 0 Å². The van der Waals surface area contributed by atoms with Crippen molar-refractivity contribution in [3.05, 3.63) is 29.8 Å². The topological polar surface area (TPSA) is 105 Å². The summed E-state index contributed by atoms with van der Waals surface area (Å²) in [6.45, 7) is 4.59. The Morgan fingerprint density at radius 3 is 2.52 bits per heavy atom. The van der Waals surface area contributed by atoms with Crippen LogP contribution in [0.3, 0.4) is 0 Å². The lowest BCUT2D eigenvalue weighted by molar-refractivity contribution is -0.139. The summed E-state index contributed by atoms with van der Waals surface area (Å²) in [6, 6.07) is 5.99. The van der Waals surface area contributed by atoms with E-state index in [2.05, 4.69) is 0 Å². The predicted molar refractivity (Wildman–Crippen MR) is 77.0 cm³/mol. The Bertz CT molecular complexity index is 596. The highest BCUT2D eigenvalue weighted by molar-refractivity contribution is 5.68. The minimum atomic E-state index is -1.11. The van der Waals surface area contributed by atoms with E-state index >= 15 is 0 Å². The third-order valence-electron chi connectivity index (χ3n) is 2.92. The number of ether oxygens (including phenoxy) is 3. The molecule has 1 aromatic rings. The lowest BCUT2D eigenvalue weighted by Gasteiger charge is -2.18. The van der Waals surface area contributed by atoms with E-state index in [1.165, 1.54) is 0 Å². The normalized spacial score (nSPS) is 23.0. The summed E-state index contributed by atoms with van der Waals surface area (Å²) in [5, 5.41) is 19.3. The summed E-state index contributed by atoms with van der Waals surface area (Å²) >= 11 is 0. The first kappa shape index (κ1) is 17.0. The molecule has 2 N–H and O–H groups in total. The van der Waals surface area contributed by atoms with Gasteiger partial charge in [0.15, 0.2) is 6.61 Å². The molecule has 3 unspecified atom stereocenters. The minimum absolute atomic E-state index is 0.300. The van der Waals surface area contributed by atoms with Crippen LogP contribution in [0.5, 0.6) is 5.75 Å². The maximum Gasteiger partial charge on any atom is 0.510 e. The van der Waals surface area contributed by atoms with E-state index in [0.29, 0.717) is 11.3 Å². The third-order valence-corrected chi connectivity index (χ3v) is 2.92. The second-order valence-electron chi connectivity index (χ2n) is 6.02. The first-order valence-electron chi connectivity index (χ1n) is 6.99. The van der Waals surface area contributed by atoms with E-state index in [1.54, 1.807) is 45.0 Å². The highest BCUT2D eigenvalue weighted by Gasteiger charge is 2.53. The van der Waals surface area contributed by atoms with Gasteiger partial charge in [0, 0.05) is 5.56 Å². The SMILES string of the molecule is CC(C)(C)OC(=O)OC1C(c2ccccc2OCC(=O)O)N1O. The van der Waals surface area contributed by atoms with Crippen LogP contribution in [0.15, 0.2) is 24.3 Å². The molecule has 1 aliphatic heterocycles. The number of benzene rings is 1. The monoisotopic (exact) mass is 325 g/mol. The molecule has 1 heterocycles. The number of carboxylic acids is 1. The van der Waals surface area contributed by atoms with Crippen LogP contribution in [-0.4, -0.2) is 45.9 Å². The molecule has 2 rings (SSSR count). The van der Waals surface area contributed by atoms with Crippen molar-refractivity contribution < 1.29 is 34.1 Å². The zero-order chi connectivity index (χ0) is 17.2. The van der Waals surface area contributed by atoms with Gasteiger partial charge in [-0.15, -0.1) is 5.06 Å². The molecule has 0 radical (unpaired) electrons. The molecule has 23 heavy (non-hydrogen) atoms. The van der Waals surface area contributed by atoms with Crippen molar-refractivity contribution in [1.82, 2.24) is 5.06 Å². The van der Waals surface area contributed by atoms with Crippen molar-refractivity contribution in [1.29, 1.82) is 0 Å². The van der Waals surface area contributed by atoms with Crippen molar-refractivity contribution in [3.63, 3.8) is 0 Å². The van der Waals surface area contributed by atoms with Crippen LogP contribution in [0.1, 0.15) is 32.4 Å². The fourth-order valence-corrected chi connectivity index (χ4v) is 1.98. The second-order valence-corrected chi connectivity index (χ2v) is 6.02. The van der Waals surface area contributed by atoms with Gasteiger partial charge in [-0.1, -0.05) is 18.2 Å². The molecular weight excluding hydrogens is 306 g/mol. The quantitative estimate of drug-likeness (QED) is 0.627. The van der Waals surface area contributed by atoms with Crippen LogP contribution in [0.2, 0.25) is 0 Å². The van der Waals surface area contributed by atoms with Crippen LogP contribution in [0, 0.1) is 0 Å². The van der Waals surface area contributed by atoms with Gasteiger partial charge in [-0.2, -0.15) is 0 Å². The number of para-hydroxylation sites is 1. The molecular formula is C15H19NO7. The molecule has 1 aromatic carbocycles. The molecule has 8 heteroatoms. The maximum absolute atomic E-state index is 11.6. The summed E-state index contributed by atoms with van der Waals surface area (Å²) in [5.41, 5.74) is -0.186. The molecule has 1 fully saturated rings. The lowest BCUT2D eigenvalue weighted by Crippen LogP contribution is -2.25. The van der Waals surface area contributed by atoms with Crippen LogP contribution >= 0.6 is 0 Å². The highest BCUT2D eigenvalue weighted by Crippen LogP contribution is 2.45. The summed E-state index contributed by atoms with van der Waals surface area (Å²) in [6.07, 6.45) is -1.80. The fraction of sp³-hybridized carbons (Fsp3) is 0.467. The van der Waals surface area contributed by atoms with Gasteiger partial charge in [0.1, 0.15) is 17.4 Å². The zero-order valence-electron chi connectivity index (χ0n) is 13.1. The van der Waals surface area contributed by atoms with Crippen LogP contribution < -0.4 is 4.74 Å². The van der Waals surface area contributed by atoms with E-state index in [9.17, 15) is 14.8 Å². The zero-order valence-corrected chi connectivity index (χ0v) is 13.1. The number of carbonyl (C=O) groups excluding carboxylic acids is 1. The average Bonchev–Trinajstić information content (AvgIpc) is 3.04. The van der Waals surface area contributed by atoms with E-state index in [1.807, 2.05) is 0 Å². The fourth-order valence-electron chi connectivity index (χ4n) is 1.98. The van der Waals surface area contributed by atoms with Crippen molar-refractivity contribution in [2.45, 2.75) is 38.6 Å². The molecule has 126 valence electrons. The van der Waals surface area contributed by atoms with Gasteiger partial charge in [-0.3, -0.25) is 0 Å². The summed E-state index contributed by atoms with van der Waals surface area (Å²) < 4.78 is 15.2. The third kappa shape index (κ3) is 4.57. The smallest absolute Gasteiger partial charge is 0.482 e. The van der Waals surface area contributed by atoms with Gasteiger partial charge in [-0.25, -0.2) is 9.59 Å². The summed E-state index contributed by atoms with van der Waals surface area (Å²) in [4.78, 5) is 22.2. The van der Waals surface area contributed by atoms with Gasteiger partial charge in [0.25, 0.3) is 0 Å². The molecule has 0 spiro atoms. The Morgan fingerprint density at radius 1 is 1.26 bits per heavy atom. The standard InChI is InChI=1S/C15H19NO7/c1-15(2,3)23-14(19)22-13-12(16(13)20)9-6-4-5-7-10(9)21-8-11(17)18/h4-7,12-13,20H,8H2,1-3H3,(H,17,18). The van der Waals surface area contributed by atoms with Gasteiger partial charge < -0.3 is 24.5 Å². The number of hydroxylamine groups is 2. The number of carbonyl (C=O) groups is 2. The molecule has 1 saturated heterocycles. The lowest BCUT2D eigenvalue weighted by atomic mass is 10.1. The van der Waals surface area contributed by atoms with Gasteiger partial charge >= 0.3 is 12.1 Å². The van der Waals surface area contributed by atoms with Crippen molar-refractivity contribution >= 4 is 12.1 Å². The second kappa shape index (κ2) is 6.43. The van der Waals surface area contributed by atoms with Crippen LogP contribution in [-0.2, 0) is 14.3 Å². The van der Waals surface area contributed by atoms with Crippen molar-refractivity contribution in [2.24, 2.45) is 0 Å². The number of carboxylic acid groups (broad SMARTS) is 1. The molecule has 0 saturated carbocycles.